The Morgan fingerprint density at radius 3 is 2.38 bits per heavy atom. The molecule has 1 amide bonds. The van der Waals surface area contributed by atoms with Crippen molar-refractivity contribution in [2.45, 2.75) is 38.8 Å². The fourth-order valence-corrected chi connectivity index (χ4v) is 2.67. The van der Waals surface area contributed by atoms with Crippen molar-refractivity contribution in [2.75, 3.05) is 6.54 Å². The van der Waals surface area contributed by atoms with Crippen LogP contribution in [0.25, 0.3) is 0 Å². The SMILES string of the molecule is C[C@H](NCC(=O)N[C@@H](C)CCc1ccccc1)c1ccc(Cl)cc1. The second-order valence-electron chi connectivity index (χ2n) is 6.15. The summed E-state index contributed by atoms with van der Waals surface area (Å²) in [6.07, 6.45) is 1.90. The molecule has 0 bridgehead atoms. The van der Waals surface area contributed by atoms with Gasteiger partial charge in [-0.3, -0.25) is 4.79 Å². The van der Waals surface area contributed by atoms with Crippen LogP contribution in [0.5, 0.6) is 0 Å². The molecule has 2 aromatic rings. The number of carbonyl (C=O) groups excluding carboxylic acids is 1. The maximum Gasteiger partial charge on any atom is 0.234 e. The molecule has 2 N–H and O–H groups in total. The first-order valence-corrected chi connectivity index (χ1v) is 8.74. The Kier molecular flexibility index (Phi) is 7.29. The predicted octanol–water partition coefficient (Wildman–Crippen LogP) is 4.13. The van der Waals surface area contributed by atoms with E-state index < -0.39 is 0 Å². The van der Waals surface area contributed by atoms with Crippen molar-refractivity contribution in [1.82, 2.24) is 10.6 Å². The Labute approximate surface area is 149 Å². The molecule has 0 saturated heterocycles. The highest BCUT2D eigenvalue weighted by Gasteiger charge is 2.10. The van der Waals surface area contributed by atoms with Gasteiger partial charge in [0.1, 0.15) is 0 Å². The third-order valence-corrected chi connectivity index (χ3v) is 4.31. The van der Waals surface area contributed by atoms with Crippen molar-refractivity contribution in [3.05, 3.63) is 70.7 Å². The summed E-state index contributed by atoms with van der Waals surface area (Å²) in [6.45, 7) is 4.39. The molecule has 0 spiro atoms. The lowest BCUT2D eigenvalue weighted by atomic mass is 10.1. The van der Waals surface area contributed by atoms with E-state index in [4.69, 9.17) is 11.6 Å². The number of hydrogen-bond acceptors (Lipinski definition) is 2. The van der Waals surface area contributed by atoms with Crippen molar-refractivity contribution in [3.63, 3.8) is 0 Å². The zero-order chi connectivity index (χ0) is 17.4. The summed E-state index contributed by atoms with van der Waals surface area (Å²) in [5.74, 6) is 0.0244. The van der Waals surface area contributed by atoms with Crippen LogP contribution in [0.2, 0.25) is 5.02 Å². The number of nitrogens with one attached hydrogen (secondary N) is 2. The average Bonchev–Trinajstić information content (AvgIpc) is 2.59. The molecule has 24 heavy (non-hydrogen) atoms. The van der Waals surface area contributed by atoms with E-state index in [1.807, 2.05) is 56.3 Å². The van der Waals surface area contributed by atoms with E-state index in [0.717, 1.165) is 23.4 Å². The first-order chi connectivity index (χ1) is 11.5. The first kappa shape index (κ1) is 18.5. The van der Waals surface area contributed by atoms with Gasteiger partial charge in [-0.1, -0.05) is 54.1 Å². The minimum Gasteiger partial charge on any atom is -0.353 e. The van der Waals surface area contributed by atoms with Crippen molar-refractivity contribution >= 4 is 17.5 Å². The molecule has 0 saturated carbocycles. The van der Waals surface area contributed by atoms with Crippen LogP contribution in [0.15, 0.2) is 54.6 Å². The van der Waals surface area contributed by atoms with Crippen LogP contribution in [-0.4, -0.2) is 18.5 Å². The van der Waals surface area contributed by atoms with Crippen molar-refractivity contribution in [3.8, 4) is 0 Å². The Bertz CT molecular complexity index is 628. The Hall–Kier alpha value is -1.84. The summed E-state index contributed by atoms with van der Waals surface area (Å²) in [6, 6.07) is 18.3. The monoisotopic (exact) mass is 344 g/mol. The minimum absolute atomic E-state index is 0.0244. The fraction of sp³-hybridized carbons (Fsp3) is 0.350. The quantitative estimate of drug-likeness (QED) is 0.756. The van der Waals surface area contributed by atoms with Crippen LogP contribution in [0.3, 0.4) is 0 Å². The summed E-state index contributed by atoms with van der Waals surface area (Å²) < 4.78 is 0. The van der Waals surface area contributed by atoms with Gasteiger partial charge in [0.25, 0.3) is 0 Å². The van der Waals surface area contributed by atoms with Gasteiger partial charge in [0.15, 0.2) is 0 Å². The fourth-order valence-electron chi connectivity index (χ4n) is 2.54. The number of rotatable bonds is 8. The van der Waals surface area contributed by atoms with E-state index in [1.165, 1.54) is 5.56 Å². The topological polar surface area (TPSA) is 41.1 Å². The molecule has 3 nitrogen and oxygen atoms in total. The molecular weight excluding hydrogens is 320 g/mol. The van der Waals surface area contributed by atoms with E-state index in [-0.39, 0.29) is 18.0 Å². The number of amides is 1. The zero-order valence-corrected chi connectivity index (χ0v) is 15.0. The molecule has 0 unspecified atom stereocenters. The van der Waals surface area contributed by atoms with Crippen LogP contribution in [0, 0.1) is 0 Å². The minimum atomic E-state index is 0.0244. The van der Waals surface area contributed by atoms with Gasteiger partial charge in [-0.05, 0) is 49.9 Å². The summed E-state index contributed by atoms with van der Waals surface area (Å²) in [5, 5.41) is 7.00. The highest BCUT2D eigenvalue weighted by molar-refractivity contribution is 6.30. The van der Waals surface area contributed by atoms with Gasteiger partial charge in [-0.25, -0.2) is 0 Å². The Balaban J connectivity index is 1.69. The molecule has 0 aromatic heterocycles. The summed E-state index contributed by atoms with van der Waals surface area (Å²) >= 11 is 5.89. The van der Waals surface area contributed by atoms with Crippen molar-refractivity contribution in [2.24, 2.45) is 0 Å². The molecule has 2 atom stereocenters. The summed E-state index contributed by atoms with van der Waals surface area (Å²) in [4.78, 5) is 12.1. The van der Waals surface area contributed by atoms with Gasteiger partial charge in [0.2, 0.25) is 5.91 Å². The molecule has 2 aromatic carbocycles. The molecule has 0 aliphatic rings. The van der Waals surface area contributed by atoms with Crippen LogP contribution in [-0.2, 0) is 11.2 Å². The largest absolute Gasteiger partial charge is 0.353 e. The second kappa shape index (κ2) is 9.45. The van der Waals surface area contributed by atoms with Crippen LogP contribution < -0.4 is 10.6 Å². The Morgan fingerprint density at radius 1 is 1.04 bits per heavy atom. The smallest absolute Gasteiger partial charge is 0.234 e. The summed E-state index contributed by atoms with van der Waals surface area (Å²) in [5.41, 5.74) is 2.41. The van der Waals surface area contributed by atoms with Gasteiger partial charge in [-0.2, -0.15) is 0 Å². The van der Waals surface area contributed by atoms with Gasteiger partial charge < -0.3 is 10.6 Å². The lowest BCUT2D eigenvalue weighted by molar-refractivity contribution is -0.121. The van der Waals surface area contributed by atoms with Gasteiger partial charge in [-0.15, -0.1) is 0 Å². The normalized spacial score (nSPS) is 13.3. The van der Waals surface area contributed by atoms with Crippen LogP contribution in [0.4, 0.5) is 0 Å². The maximum absolute atomic E-state index is 12.1. The summed E-state index contributed by atoms with van der Waals surface area (Å²) in [7, 11) is 0. The van der Waals surface area contributed by atoms with Gasteiger partial charge in [0.05, 0.1) is 6.54 Å². The third-order valence-electron chi connectivity index (χ3n) is 4.06. The molecule has 0 heterocycles. The third kappa shape index (κ3) is 6.34. The molecule has 4 heteroatoms. The number of halogens is 1. The molecule has 128 valence electrons. The number of hydrogen-bond donors (Lipinski definition) is 2. The second-order valence-corrected chi connectivity index (χ2v) is 6.58. The lowest BCUT2D eigenvalue weighted by Gasteiger charge is -2.17. The number of carbonyl (C=O) groups is 1. The van der Waals surface area contributed by atoms with E-state index in [1.54, 1.807) is 0 Å². The molecule has 0 fully saturated rings. The van der Waals surface area contributed by atoms with Crippen LogP contribution >= 0.6 is 11.6 Å². The molecule has 2 rings (SSSR count). The van der Waals surface area contributed by atoms with E-state index in [0.29, 0.717) is 6.54 Å². The highest BCUT2D eigenvalue weighted by atomic mass is 35.5. The van der Waals surface area contributed by atoms with Gasteiger partial charge >= 0.3 is 0 Å². The molecule has 0 aliphatic heterocycles. The number of benzene rings is 2. The lowest BCUT2D eigenvalue weighted by Crippen LogP contribution is -2.39. The highest BCUT2D eigenvalue weighted by Crippen LogP contribution is 2.15. The standard InChI is InChI=1S/C20H25ClN2O/c1-15(8-9-17-6-4-3-5-7-17)23-20(24)14-22-16(2)18-10-12-19(21)13-11-18/h3-7,10-13,15-16,22H,8-9,14H2,1-2H3,(H,23,24)/t15-,16-/m0/s1. The average molecular weight is 345 g/mol. The Morgan fingerprint density at radius 2 is 1.71 bits per heavy atom. The first-order valence-electron chi connectivity index (χ1n) is 8.36. The predicted molar refractivity (Wildman–Crippen MR) is 100 cm³/mol. The van der Waals surface area contributed by atoms with Crippen molar-refractivity contribution < 1.29 is 4.79 Å². The zero-order valence-electron chi connectivity index (χ0n) is 14.3. The molecule has 0 aliphatic carbocycles. The van der Waals surface area contributed by atoms with Crippen molar-refractivity contribution in [1.29, 1.82) is 0 Å². The van der Waals surface area contributed by atoms with Crippen LogP contribution in [0.1, 0.15) is 37.4 Å². The molecular formula is C20H25ClN2O. The van der Waals surface area contributed by atoms with E-state index in [2.05, 4.69) is 22.8 Å². The van der Waals surface area contributed by atoms with E-state index >= 15 is 0 Å². The maximum atomic E-state index is 12.1. The number of aryl methyl sites for hydroxylation is 1. The van der Waals surface area contributed by atoms with Gasteiger partial charge in [0, 0.05) is 17.1 Å². The van der Waals surface area contributed by atoms with E-state index in [9.17, 15) is 4.79 Å². The molecule has 0 radical (unpaired) electrons.